The lowest BCUT2D eigenvalue weighted by atomic mass is 10.2. The van der Waals surface area contributed by atoms with Gasteiger partial charge in [0.25, 0.3) is 15.9 Å². The summed E-state index contributed by atoms with van der Waals surface area (Å²) in [6.07, 6.45) is 3.26. The predicted molar refractivity (Wildman–Crippen MR) is 117 cm³/mol. The van der Waals surface area contributed by atoms with E-state index in [1.807, 2.05) is 31.2 Å². The Kier molecular flexibility index (Phi) is 6.22. The summed E-state index contributed by atoms with van der Waals surface area (Å²) in [5, 5.41) is 0.119. The Labute approximate surface area is 177 Å². The van der Waals surface area contributed by atoms with Crippen LogP contribution < -0.4 is 0 Å². The maximum Gasteiger partial charge on any atom is 0.284 e. The van der Waals surface area contributed by atoms with E-state index in [-0.39, 0.29) is 22.5 Å². The van der Waals surface area contributed by atoms with E-state index in [0.29, 0.717) is 4.91 Å². The van der Waals surface area contributed by atoms with Gasteiger partial charge in [0.15, 0.2) is 5.17 Å². The second kappa shape index (κ2) is 8.46. The Hall–Kier alpha value is -2.16. The number of amides is 1. The van der Waals surface area contributed by atoms with Crippen molar-refractivity contribution in [2.24, 2.45) is 4.40 Å². The van der Waals surface area contributed by atoms with Gasteiger partial charge >= 0.3 is 0 Å². The third-order valence-corrected chi connectivity index (χ3v) is 6.82. The topological polar surface area (TPSA) is 66.8 Å². The SMILES string of the molecule is C=CCN1C(=O)/C(=C/c2ccc(Br)cc2)S/C1=N/S(=O)(=O)c1ccc(C)cc1. The molecule has 0 radical (unpaired) electrons. The number of rotatable bonds is 5. The van der Waals surface area contributed by atoms with Gasteiger partial charge in [-0.1, -0.05) is 51.8 Å². The van der Waals surface area contributed by atoms with Gasteiger partial charge in [-0.25, -0.2) is 0 Å². The number of aryl methyl sites for hydroxylation is 1. The molecule has 8 heteroatoms. The Bertz CT molecular complexity index is 1070. The molecule has 0 bridgehead atoms. The molecule has 1 fully saturated rings. The normalized spacial score (nSPS) is 17.5. The molecule has 0 aromatic heterocycles. The van der Waals surface area contributed by atoms with Gasteiger partial charge in [-0.3, -0.25) is 9.69 Å². The van der Waals surface area contributed by atoms with E-state index in [1.54, 1.807) is 18.2 Å². The van der Waals surface area contributed by atoms with Crippen LogP contribution in [0.3, 0.4) is 0 Å². The summed E-state index contributed by atoms with van der Waals surface area (Å²) in [4.78, 5) is 14.6. The van der Waals surface area contributed by atoms with Gasteiger partial charge in [0.1, 0.15) is 0 Å². The summed E-state index contributed by atoms with van der Waals surface area (Å²) in [6.45, 7) is 5.69. The molecule has 0 saturated carbocycles. The largest absolute Gasteiger partial charge is 0.284 e. The summed E-state index contributed by atoms with van der Waals surface area (Å²) < 4.78 is 30.2. The second-order valence-electron chi connectivity index (χ2n) is 6.03. The smallest absolute Gasteiger partial charge is 0.282 e. The van der Waals surface area contributed by atoms with Gasteiger partial charge < -0.3 is 0 Å². The highest BCUT2D eigenvalue weighted by atomic mass is 79.9. The maximum absolute atomic E-state index is 12.7. The molecule has 2 aromatic rings. The molecule has 3 rings (SSSR count). The van der Waals surface area contributed by atoms with Crippen molar-refractivity contribution in [1.82, 2.24) is 4.90 Å². The van der Waals surface area contributed by atoms with Crippen molar-refractivity contribution >= 4 is 54.9 Å². The fraction of sp³-hybridized carbons (Fsp3) is 0.100. The molecule has 0 spiro atoms. The zero-order chi connectivity index (χ0) is 20.3. The van der Waals surface area contributed by atoms with Gasteiger partial charge in [-0.15, -0.1) is 11.0 Å². The molecule has 0 atom stereocenters. The Morgan fingerprint density at radius 1 is 1.14 bits per heavy atom. The van der Waals surface area contributed by atoms with Crippen LogP contribution in [-0.4, -0.2) is 30.9 Å². The number of amidine groups is 1. The number of nitrogens with zero attached hydrogens (tertiary/aromatic N) is 2. The van der Waals surface area contributed by atoms with E-state index >= 15 is 0 Å². The van der Waals surface area contributed by atoms with Crippen molar-refractivity contribution in [1.29, 1.82) is 0 Å². The van der Waals surface area contributed by atoms with Crippen molar-refractivity contribution in [3.8, 4) is 0 Å². The Morgan fingerprint density at radius 2 is 1.79 bits per heavy atom. The minimum Gasteiger partial charge on any atom is -0.282 e. The molecule has 0 unspecified atom stereocenters. The number of hydrogen-bond acceptors (Lipinski definition) is 4. The molecule has 2 aromatic carbocycles. The van der Waals surface area contributed by atoms with Crippen molar-refractivity contribution in [2.45, 2.75) is 11.8 Å². The first kappa shape index (κ1) is 20.6. The molecule has 0 N–H and O–H groups in total. The summed E-state index contributed by atoms with van der Waals surface area (Å²) in [5.41, 5.74) is 1.78. The van der Waals surface area contributed by atoms with Crippen LogP contribution in [0.4, 0.5) is 0 Å². The standard InChI is InChI=1S/C20H17BrN2O3S2/c1-3-12-23-19(24)18(13-15-6-8-16(21)9-7-15)27-20(23)22-28(25,26)17-10-4-14(2)5-11-17/h3-11,13H,1,12H2,2H3/b18-13-,22-20+. The predicted octanol–water partition coefficient (Wildman–Crippen LogP) is 4.60. The van der Waals surface area contributed by atoms with Gasteiger partial charge in [0.05, 0.1) is 9.80 Å². The number of carbonyl (C=O) groups is 1. The third kappa shape index (κ3) is 4.63. The quantitative estimate of drug-likeness (QED) is 0.466. The fourth-order valence-electron chi connectivity index (χ4n) is 2.44. The number of halogens is 1. The van der Waals surface area contributed by atoms with Gasteiger partial charge in [-0.05, 0) is 54.6 Å². The van der Waals surface area contributed by atoms with Crippen LogP contribution in [-0.2, 0) is 14.8 Å². The van der Waals surface area contributed by atoms with Crippen molar-refractivity contribution in [3.63, 3.8) is 0 Å². The van der Waals surface area contributed by atoms with Crippen LogP contribution in [0.15, 0.2) is 79.9 Å². The lowest BCUT2D eigenvalue weighted by Gasteiger charge is -2.12. The van der Waals surface area contributed by atoms with Gasteiger partial charge in [-0.2, -0.15) is 8.42 Å². The van der Waals surface area contributed by atoms with E-state index in [2.05, 4.69) is 26.9 Å². The number of thioether (sulfide) groups is 1. The first-order chi connectivity index (χ1) is 13.3. The van der Waals surface area contributed by atoms with Crippen LogP contribution in [0.5, 0.6) is 0 Å². The van der Waals surface area contributed by atoms with Crippen LogP contribution in [0.1, 0.15) is 11.1 Å². The van der Waals surface area contributed by atoms with Crippen molar-refractivity contribution < 1.29 is 13.2 Å². The van der Waals surface area contributed by atoms with Crippen molar-refractivity contribution in [2.75, 3.05) is 6.54 Å². The molecular weight excluding hydrogens is 460 g/mol. The lowest BCUT2D eigenvalue weighted by molar-refractivity contribution is -0.121. The first-order valence-electron chi connectivity index (χ1n) is 8.30. The average molecular weight is 477 g/mol. The minimum absolute atomic E-state index is 0.0857. The maximum atomic E-state index is 12.7. The fourth-order valence-corrected chi connectivity index (χ4v) is 4.90. The minimum atomic E-state index is -3.93. The Morgan fingerprint density at radius 3 is 2.39 bits per heavy atom. The highest BCUT2D eigenvalue weighted by molar-refractivity contribution is 9.10. The van der Waals surface area contributed by atoms with E-state index in [9.17, 15) is 13.2 Å². The molecule has 144 valence electrons. The molecule has 1 aliphatic rings. The third-order valence-electron chi connectivity index (χ3n) is 3.88. The molecule has 5 nitrogen and oxygen atoms in total. The average Bonchev–Trinajstić information content (AvgIpc) is 2.92. The number of carbonyl (C=O) groups excluding carboxylic acids is 1. The molecule has 1 aliphatic heterocycles. The highest BCUT2D eigenvalue weighted by Gasteiger charge is 2.34. The number of benzene rings is 2. The molecule has 1 amide bonds. The number of hydrogen-bond donors (Lipinski definition) is 0. The van der Waals surface area contributed by atoms with Crippen LogP contribution in [0.2, 0.25) is 0 Å². The van der Waals surface area contributed by atoms with E-state index in [1.165, 1.54) is 23.1 Å². The van der Waals surface area contributed by atoms with Gasteiger partial charge in [0.2, 0.25) is 0 Å². The molecule has 1 heterocycles. The molecular formula is C20H17BrN2O3S2. The Balaban J connectivity index is 1.98. The van der Waals surface area contributed by atoms with Crippen molar-refractivity contribution in [3.05, 3.63) is 81.7 Å². The molecule has 28 heavy (non-hydrogen) atoms. The summed E-state index contributed by atoms with van der Waals surface area (Å²) in [5.74, 6) is -0.300. The molecule has 0 aliphatic carbocycles. The van der Waals surface area contributed by atoms with E-state index in [4.69, 9.17) is 0 Å². The zero-order valence-electron chi connectivity index (χ0n) is 15.0. The highest BCUT2D eigenvalue weighted by Crippen LogP contribution is 2.33. The monoisotopic (exact) mass is 476 g/mol. The van der Waals surface area contributed by atoms with Crippen LogP contribution >= 0.6 is 27.7 Å². The summed E-state index contributed by atoms with van der Waals surface area (Å²) in [6, 6.07) is 13.9. The zero-order valence-corrected chi connectivity index (χ0v) is 18.2. The molecule has 1 saturated heterocycles. The van der Waals surface area contributed by atoms with E-state index < -0.39 is 10.0 Å². The van der Waals surface area contributed by atoms with Crippen LogP contribution in [0.25, 0.3) is 6.08 Å². The summed E-state index contributed by atoms with van der Waals surface area (Å²) >= 11 is 4.41. The van der Waals surface area contributed by atoms with Gasteiger partial charge in [0, 0.05) is 11.0 Å². The van der Waals surface area contributed by atoms with Crippen LogP contribution in [0, 0.1) is 6.92 Å². The second-order valence-corrected chi connectivity index (χ2v) is 9.56. The first-order valence-corrected chi connectivity index (χ1v) is 11.3. The van der Waals surface area contributed by atoms with E-state index in [0.717, 1.165) is 27.4 Å². The number of sulfonamides is 1. The summed E-state index contributed by atoms with van der Waals surface area (Å²) in [7, 11) is -3.93. The lowest BCUT2D eigenvalue weighted by Crippen LogP contribution is -2.29.